The highest BCUT2D eigenvalue weighted by Gasteiger charge is 2.37. The summed E-state index contributed by atoms with van der Waals surface area (Å²) in [5.41, 5.74) is 0.320. The van der Waals surface area contributed by atoms with Crippen LogP contribution in [0.5, 0.6) is 0 Å². The van der Waals surface area contributed by atoms with Crippen LogP contribution in [0, 0.1) is 0 Å². The molecule has 11 heavy (non-hydrogen) atoms. The highest BCUT2D eigenvalue weighted by Crippen LogP contribution is 2.31. The molecule has 0 aromatic heterocycles. The third-order valence-corrected chi connectivity index (χ3v) is 4.65. The van der Waals surface area contributed by atoms with Crippen LogP contribution >= 0.6 is 0 Å². The van der Waals surface area contributed by atoms with Crippen molar-refractivity contribution in [3.8, 4) is 0 Å². The Morgan fingerprint density at radius 2 is 2.18 bits per heavy atom. The molecule has 1 nitrogen and oxygen atoms in total. The molecule has 1 atom stereocenters. The van der Waals surface area contributed by atoms with Crippen molar-refractivity contribution in [2.24, 2.45) is 0 Å². The normalized spacial score (nSPS) is 30.0. The summed E-state index contributed by atoms with van der Waals surface area (Å²) >= 11 is 0. The lowest BCUT2D eigenvalue weighted by Crippen LogP contribution is -2.03. The molecule has 0 aromatic carbocycles. The van der Waals surface area contributed by atoms with Gasteiger partial charge in [0.25, 0.3) is 0 Å². The van der Waals surface area contributed by atoms with Gasteiger partial charge in [0.2, 0.25) is 0 Å². The maximum absolute atomic E-state index is 5.32. The number of hydrogen-bond donors (Lipinski definition) is 0. The second-order valence-corrected chi connectivity index (χ2v) is 6.02. The van der Waals surface area contributed by atoms with E-state index < -0.39 is 0 Å². The number of rotatable bonds is 6. The summed E-state index contributed by atoms with van der Waals surface area (Å²) in [5.74, 6) is 0. The minimum atomic E-state index is 0.315. The minimum Gasteiger partial charge on any atom is -0.370 e. The quantitative estimate of drug-likeness (QED) is 0.339. The van der Waals surface area contributed by atoms with E-state index >= 15 is 0 Å². The summed E-state index contributed by atoms with van der Waals surface area (Å²) in [6.45, 7) is 5.54. The Labute approximate surface area is 72.3 Å². The maximum atomic E-state index is 5.32. The van der Waals surface area contributed by atoms with Gasteiger partial charge in [-0.1, -0.05) is 31.9 Å². The van der Waals surface area contributed by atoms with Crippen molar-refractivity contribution in [2.45, 2.75) is 50.8 Å². The van der Waals surface area contributed by atoms with E-state index in [4.69, 9.17) is 4.74 Å². The van der Waals surface area contributed by atoms with Crippen molar-refractivity contribution in [1.82, 2.24) is 0 Å². The van der Waals surface area contributed by atoms with Gasteiger partial charge in [-0.25, -0.2) is 0 Å². The van der Waals surface area contributed by atoms with Gasteiger partial charge in [0.1, 0.15) is 0 Å². The van der Waals surface area contributed by atoms with Crippen molar-refractivity contribution in [3.05, 3.63) is 0 Å². The topological polar surface area (TPSA) is 12.5 Å². The van der Waals surface area contributed by atoms with Crippen LogP contribution in [0.4, 0.5) is 0 Å². The van der Waals surface area contributed by atoms with Gasteiger partial charge in [0, 0.05) is 9.52 Å². The SMILES string of the molecule is CCC[SiH2]CCCC1(C)CO1. The van der Waals surface area contributed by atoms with E-state index in [0.717, 1.165) is 6.61 Å². The Kier molecular flexibility index (Phi) is 3.59. The largest absolute Gasteiger partial charge is 0.370 e. The van der Waals surface area contributed by atoms with Crippen molar-refractivity contribution >= 4 is 9.52 Å². The van der Waals surface area contributed by atoms with Gasteiger partial charge in [-0.3, -0.25) is 0 Å². The minimum absolute atomic E-state index is 0.315. The number of epoxide rings is 1. The van der Waals surface area contributed by atoms with Gasteiger partial charge < -0.3 is 4.74 Å². The Balaban J connectivity index is 1.81. The first-order valence-corrected chi connectivity index (χ1v) is 6.91. The second-order valence-electron chi connectivity index (χ2n) is 3.90. The highest BCUT2D eigenvalue weighted by molar-refractivity contribution is 6.35. The number of ether oxygens (including phenoxy) is 1. The Morgan fingerprint density at radius 3 is 2.73 bits per heavy atom. The molecule has 66 valence electrons. The first kappa shape index (κ1) is 9.27. The van der Waals surface area contributed by atoms with Gasteiger partial charge in [-0.2, -0.15) is 0 Å². The molecule has 1 rings (SSSR count). The zero-order valence-electron chi connectivity index (χ0n) is 7.86. The molecule has 0 bridgehead atoms. The smallest absolute Gasteiger partial charge is 0.0888 e. The predicted molar refractivity (Wildman–Crippen MR) is 52.0 cm³/mol. The van der Waals surface area contributed by atoms with E-state index in [1.165, 1.54) is 31.4 Å². The van der Waals surface area contributed by atoms with Crippen LogP contribution in [0.2, 0.25) is 12.1 Å². The molecule has 1 aliphatic heterocycles. The van der Waals surface area contributed by atoms with Crippen molar-refractivity contribution in [3.63, 3.8) is 0 Å². The maximum Gasteiger partial charge on any atom is 0.0888 e. The second kappa shape index (κ2) is 4.26. The third kappa shape index (κ3) is 3.92. The van der Waals surface area contributed by atoms with Crippen LogP contribution in [-0.4, -0.2) is 21.7 Å². The fourth-order valence-electron chi connectivity index (χ4n) is 1.37. The molecule has 0 radical (unpaired) electrons. The fourth-order valence-corrected chi connectivity index (χ4v) is 2.83. The van der Waals surface area contributed by atoms with Crippen LogP contribution < -0.4 is 0 Å². The molecular formula is C9H20OSi. The van der Waals surface area contributed by atoms with E-state index in [9.17, 15) is 0 Å². The van der Waals surface area contributed by atoms with Gasteiger partial charge in [-0.05, 0) is 13.3 Å². The van der Waals surface area contributed by atoms with Gasteiger partial charge in [0.15, 0.2) is 0 Å². The van der Waals surface area contributed by atoms with Gasteiger partial charge >= 0.3 is 0 Å². The molecule has 1 fully saturated rings. The van der Waals surface area contributed by atoms with E-state index in [1.807, 2.05) is 0 Å². The average molecular weight is 172 g/mol. The fraction of sp³-hybridized carbons (Fsp3) is 1.00. The summed E-state index contributed by atoms with van der Waals surface area (Å²) in [7, 11) is 0.315. The van der Waals surface area contributed by atoms with Crippen LogP contribution in [0.25, 0.3) is 0 Å². The lowest BCUT2D eigenvalue weighted by Gasteiger charge is -2.02. The zero-order chi connectivity index (χ0) is 8.16. The average Bonchev–Trinajstić information content (AvgIpc) is 2.69. The molecular weight excluding hydrogens is 152 g/mol. The lowest BCUT2D eigenvalue weighted by atomic mass is 10.1. The molecule has 1 heterocycles. The van der Waals surface area contributed by atoms with Crippen molar-refractivity contribution in [2.75, 3.05) is 6.61 Å². The Morgan fingerprint density at radius 1 is 1.45 bits per heavy atom. The van der Waals surface area contributed by atoms with Gasteiger partial charge in [0.05, 0.1) is 12.2 Å². The molecule has 1 aliphatic rings. The van der Waals surface area contributed by atoms with Crippen molar-refractivity contribution < 1.29 is 4.74 Å². The summed E-state index contributed by atoms with van der Waals surface area (Å²) in [5, 5.41) is 0. The van der Waals surface area contributed by atoms with Crippen molar-refractivity contribution in [1.29, 1.82) is 0 Å². The molecule has 2 heteroatoms. The van der Waals surface area contributed by atoms with Crippen LogP contribution in [-0.2, 0) is 4.74 Å². The van der Waals surface area contributed by atoms with E-state index in [-0.39, 0.29) is 0 Å². The monoisotopic (exact) mass is 172 g/mol. The molecule has 1 unspecified atom stereocenters. The highest BCUT2D eigenvalue weighted by atomic mass is 28.2. The van der Waals surface area contributed by atoms with Crippen LogP contribution in [0.3, 0.4) is 0 Å². The first-order valence-electron chi connectivity index (χ1n) is 4.91. The van der Waals surface area contributed by atoms with E-state index in [2.05, 4.69) is 13.8 Å². The molecule has 0 N–H and O–H groups in total. The van der Waals surface area contributed by atoms with Crippen LogP contribution in [0.1, 0.15) is 33.1 Å². The molecule has 0 spiro atoms. The molecule has 1 saturated heterocycles. The lowest BCUT2D eigenvalue weighted by molar-refractivity contribution is 0.307. The third-order valence-electron chi connectivity index (χ3n) is 2.45. The standard InChI is InChI=1S/C9H20OSi/c1-3-6-11-7-4-5-9(2)8-10-9/h3-8,11H2,1-2H3. The molecule has 0 saturated carbocycles. The number of hydrogen-bond acceptors (Lipinski definition) is 1. The Hall–Kier alpha value is 0.177. The molecule has 0 aliphatic carbocycles. The summed E-state index contributed by atoms with van der Waals surface area (Å²) in [6, 6.07) is 3.07. The van der Waals surface area contributed by atoms with Crippen LogP contribution in [0.15, 0.2) is 0 Å². The summed E-state index contributed by atoms with van der Waals surface area (Å²) in [4.78, 5) is 0. The van der Waals surface area contributed by atoms with Gasteiger partial charge in [-0.15, -0.1) is 0 Å². The molecule has 0 aromatic rings. The Bertz CT molecular complexity index is 110. The van der Waals surface area contributed by atoms with E-state index in [1.54, 1.807) is 0 Å². The first-order chi connectivity index (χ1) is 5.27. The zero-order valence-corrected chi connectivity index (χ0v) is 9.27. The summed E-state index contributed by atoms with van der Waals surface area (Å²) in [6.07, 6.45) is 4.13. The predicted octanol–water partition coefficient (Wildman–Crippen LogP) is 1.97. The summed E-state index contributed by atoms with van der Waals surface area (Å²) < 4.78 is 5.32. The van der Waals surface area contributed by atoms with E-state index in [0.29, 0.717) is 15.1 Å². The molecule has 0 amide bonds.